The number of carboxylic acid groups (broad SMARTS) is 1. The molecule has 1 atom stereocenters. The molecule has 0 radical (unpaired) electrons. The molecule has 2 nitrogen and oxygen atoms in total. The van der Waals surface area contributed by atoms with Crippen molar-refractivity contribution >= 4 is 45.1 Å². The highest BCUT2D eigenvalue weighted by atomic mass is 79.9. The van der Waals surface area contributed by atoms with E-state index in [0.29, 0.717) is 16.5 Å². The summed E-state index contributed by atoms with van der Waals surface area (Å²) in [6.07, 6.45) is 0.369. The van der Waals surface area contributed by atoms with Gasteiger partial charge in [0.25, 0.3) is 0 Å². The Morgan fingerprint density at radius 3 is 2.30 bits per heavy atom. The minimum absolute atomic E-state index is 0.369. The smallest absolute Gasteiger partial charge is 0.311 e. The summed E-state index contributed by atoms with van der Waals surface area (Å²) >= 11 is 15.2. The van der Waals surface area contributed by atoms with Crippen molar-refractivity contribution in [3.05, 3.63) is 68.1 Å². The van der Waals surface area contributed by atoms with Crippen LogP contribution in [0.15, 0.2) is 46.9 Å². The number of carboxylic acids is 1. The topological polar surface area (TPSA) is 37.3 Å². The predicted octanol–water partition coefficient (Wildman–Crippen LogP) is 5.17. The highest BCUT2D eigenvalue weighted by Crippen LogP contribution is 2.27. The van der Waals surface area contributed by atoms with Crippen LogP contribution in [-0.2, 0) is 11.2 Å². The summed E-state index contributed by atoms with van der Waals surface area (Å²) in [6.45, 7) is 0. The van der Waals surface area contributed by atoms with Gasteiger partial charge < -0.3 is 5.11 Å². The Morgan fingerprint density at radius 1 is 1.10 bits per heavy atom. The molecule has 0 amide bonds. The summed E-state index contributed by atoms with van der Waals surface area (Å²) in [5, 5.41) is 10.3. The second-order valence-electron chi connectivity index (χ2n) is 4.39. The zero-order chi connectivity index (χ0) is 14.7. The second-order valence-corrected chi connectivity index (χ2v) is 6.13. The molecular weight excluding hydrogens is 363 g/mol. The van der Waals surface area contributed by atoms with Gasteiger partial charge in [0.2, 0.25) is 0 Å². The van der Waals surface area contributed by atoms with E-state index in [1.807, 2.05) is 12.1 Å². The van der Waals surface area contributed by atoms with Gasteiger partial charge in [-0.3, -0.25) is 4.79 Å². The van der Waals surface area contributed by atoms with Crippen molar-refractivity contribution in [2.75, 3.05) is 0 Å². The van der Waals surface area contributed by atoms with E-state index >= 15 is 0 Å². The van der Waals surface area contributed by atoms with E-state index in [-0.39, 0.29) is 0 Å². The minimum Gasteiger partial charge on any atom is -0.481 e. The summed E-state index contributed by atoms with van der Waals surface area (Å²) in [5.41, 5.74) is 1.60. The van der Waals surface area contributed by atoms with Crippen molar-refractivity contribution in [2.45, 2.75) is 12.3 Å². The number of aliphatic carboxylic acids is 1. The molecule has 104 valence electrons. The van der Waals surface area contributed by atoms with E-state index in [2.05, 4.69) is 15.9 Å². The van der Waals surface area contributed by atoms with Crippen molar-refractivity contribution in [3.63, 3.8) is 0 Å². The van der Waals surface area contributed by atoms with Gasteiger partial charge in [-0.1, -0.05) is 57.3 Å². The Hall–Kier alpha value is -1.03. The molecule has 2 aromatic rings. The average molecular weight is 374 g/mol. The maximum Gasteiger partial charge on any atom is 0.311 e. The molecule has 0 spiro atoms. The molecule has 0 aliphatic heterocycles. The fourth-order valence-electron chi connectivity index (χ4n) is 1.95. The molecule has 0 aliphatic rings. The molecule has 0 saturated heterocycles. The van der Waals surface area contributed by atoms with E-state index in [1.165, 1.54) is 0 Å². The van der Waals surface area contributed by atoms with Crippen LogP contribution in [0.5, 0.6) is 0 Å². The minimum atomic E-state index is -0.863. The van der Waals surface area contributed by atoms with Crippen LogP contribution >= 0.6 is 39.1 Å². The third-order valence-electron chi connectivity index (χ3n) is 2.99. The standard InChI is InChI=1S/C15H11BrCl2O2/c16-11-4-2-10(3-5-11)12(15(19)20)7-9-1-6-13(17)14(18)8-9/h1-6,8,12H,7H2,(H,19,20)/t12-/m1/s1. The van der Waals surface area contributed by atoms with Gasteiger partial charge in [-0.15, -0.1) is 0 Å². The number of hydrogen-bond donors (Lipinski definition) is 1. The first-order valence-corrected chi connectivity index (χ1v) is 7.44. The lowest BCUT2D eigenvalue weighted by Gasteiger charge is -2.13. The Kier molecular flexibility index (Phi) is 5.08. The molecule has 0 unspecified atom stereocenters. The van der Waals surface area contributed by atoms with Crippen LogP contribution in [0.2, 0.25) is 10.0 Å². The molecule has 1 N–H and O–H groups in total. The summed E-state index contributed by atoms with van der Waals surface area (Å²) in [6, 6.07) is 12.5. The maximum atomic E-state index is 11.5. The Bertz CT molecular complexity index is 626. The first-order valence-electron chi connectivity index (χ1n) is 5.89. The van der Waals surface area contributed by atoms with Gasteiger partial charge in [0.15, 0.2) is 0 Å². The van der Waals surface area contributed by atoms with Crippen LogP contribution in [0, 0.1) is 0 Å². The normalized spacial score (nSPS) is 12.2. The van der Waals surface area contributed by atoms with Crippen molar-refractivity contribution in [2.24, 2.45) is 0 Å². The molecule has 0 aliphatic carbocycles. The van der Waals surface area contributed by atoms with Gasteiger partial charge in [0.05, 0.1) is 16.0 Å². The van der Waals surface area contributed by atoms with Gasteiger partial charge >= 0.3 is 5.97 Å². The lowest BCUT2D eigenvalue weighted by molar-refractivity contribution is -0.138. The van der Waals surface area contributed by atoms with Gasteiger partial charge in [0, 0.05) is 4.47 Å². The van der Waals surface area contributed by atoms with Gasteiger partial charge in [0.1, 0.15) is 0 Å². The quantitative estimate of drug-likeness (QED) is 0.802. The molecule has 0 fully saturated rings. The molecule has 20 heavy (non-hydrogen) atoms. The zero-order valence-corrected chi connectivity index (χ0v) is 13.4. The van der Waals surface area contributed by atoms with Crippen LogP contribution < -0.4 is 0 Å². The van der Waals surface area contributed by atoms with Crippen LogP contribution in [0.1, 0.15) is 17.0 Å². The third kappa shape index (κ3) is 3.75. The lowest BCUT2D eigenvalue weighted by atomic mass is 9.92. The number of rotatable bonds is 4. The molecular formula is C15H11BrCl2O2. The first-order chi connectivity index (χ1) is 9.47. The number of halogens is 3. The monoisotopic (exact) mass is 372 g/mol. The average Bonchev–Trinajstić information content (AvgIpc) is 2.41. The predicted molar refractivity (Wildman–Crippen MR) is 84.7 cm³/mol. The SMILES string of the molecule is O=C(O)[C@H](Cc1ccc(Cl)c(Cl)c1)c1ccc(Br)cc1. The zero-order valence-electron chi connectivity index (χ0n) is 10.3. The lowest BCUT2D eigenvalue weighted by Crippen LogP contribution is -2.14. The second kappa shape index (κ2) is 6.61. The molecule has 0 heterocycles. The Labute approximate surface area is 135 Å². The Balaban J connectivity index is 2.27. The molecule has 2 rings (SSSR count). The van der Waals surface area contributed by atoms with Crippen molar-refractivity contribution in [3.8, 4) is 0 Å². The molecule has 0 bridgehead atoms. The van der Waals surface area contributed by atoms with Crippen LogP contribution in [0.4, 0.5) is 0 Å². The molecule has 2 aromatic carbocycles. The van der Waals surface area contributed by atoms with Crippen molar-refractivity contribution < 1.29 is 9.90 Å². The van der Waals surface area contributed by atoms with Crippen molar-refractivity contribution in [1.82, 2.24) is 0 Å². The van der Waals surface area contributed by atoms with Crippen LogP contribution in [-0.4, -0.2) is 11.1 Å². The van der Waals surface area contributed by atoms with Crippen LogP contribution in [0.25, 0.3) is 0 Å². The highest BCUT2D eigenvalue weighted by Gasteiger charge is 2.20. The van der Waals surface area contributed by atoms with E-state index in [4.69, 9.17) is 23.2 Å². The third-order valence-corrected chi connectivity index (χ3v) is 4.26. The number of hydrogen-bond acceptors (Lipinski definition) is 1. The van der Waals surface area contributed by atoms with Gasteiger partial charge in [-0.2, -0.15) is 0 Å². The van der Waals surface area contributed by atoms with Gasteiger partial charge in [-0.25, -0.2) is 0 Å². The van der Waals surface area contributed by atoms with E-state index in [1.54, 1.807) is 30.3 Å². The van der Waals surface area contributed by atoms with E-state index in [0.717, 1.165) is 15.6 Å². The molecule has 0 aromatic heterocycles. The van der Waals surface area contributed by atoms with Crippen molar-refractivity contribution in [1.29, 1.82) is 0 Å². The summed E-state index contributed by atoms with van der Waals surface area (Å²) < 4.78 is 0.917. The number of carbonyl (C=O) groups is 1. The number of benzene rings is 2. The fraction of sp³-hybridized carbons (Fsp3) is 0.133. The highest BCUT2D eigenvalue weighted by molar-refractivity contribution is 9.10. The maximum absolute atomic E-state index is 11.5. The molecule has 5 heteroatoms. The van der Waals surface area contributed by atoms with Crippen LogP contribution in [0.3, 0.4) is 0 Å². The largest absolute Gasteiger partial charge is 0.481 e. The summed E-state index contributed by atoms with van der Waals surface area (Å²) in [7, 11) is 0. The first kappa shape index (κ1) is 15.4. The van der Waals surface area contributed by atoms with Gasteiger partial charge in [-0.05, 0) is 41.8 Å². The van der Waals surface area contributed by atoms with E-state index in [9.17, 15) is 9.90 Å². The Morgan fingerprint density at radius 2 is 1.75 bits per heavy atom. The molecule has 0 saturated carbocycles. The van der Waals surface area contributed by atoms with E-state index < -0.39 is 11.9 Å². The fourth-order valence-corrected chi connectivity index (χ4v) is 2.53. The summed E-state index contributed by atoms with van der Waals surface area (Å²) in [4.78, 5) is 11.5. The summed E-state index contributed by atoms with van der Waals surface area (Å²) in [5.74, 6) is -1.47.